The molecule has 2 aromatic rings. The van der Waals surface area contributed by atoms with Crippen molar-refractivity contribution < 1.29 is 4.79 Å². The number of benzene rings is 2. The van der Waals surface area contributed by atoms with E-state index >= 15 is 0 Å². The fraction of sp³-hybridized carbons (Fsp3) is 0.188. The molecule has 3 nitrogen and oxygen atoms in total. The number of rotatable bonds is 4. The Morgan fingerprint density at radius 3 is 2.65 bits per heavy atom. The molecule has 0 saturated heterocycles. The summed E-state index contributed by atoms with van der Waals surface area (Å²) in [6.07, 6.45) is 0. The van der Waals surface area contributed by atoms with Gasteiger partial charge in [-0.1, -0.05) is 35.9 Å². The van der Waals surface area contributed by atoms with Crippen molar-refractivity contribution in [1.29, 1.82) is 0 Å². The number of nitrogen functional groups attached to an aromatic ring is 1. The maximum absolute atomic E-state index is 11.7. The molecule has 2 rings (SSSR count). The normalized spacial score (nSPS) is 10.3. The van der Waals surface area contributed by atoms with Gasteiger partial charge >= 0.3 is 0 Å². The molecule has 20 heavy (non-hydrogen) atoms. The third-order valence-corrected chi connectivity index (χ3v) is 4.33. The van der Waals surface area contributed by atoms with Crippen molar-refractivity contribution in [1.82, 2.24) is 5.43 Å². The third kappa shape index (κ3) is 3.40. The summed E-state index contributed by atoms with van der Waals surface area (Å²) in [4.78, 5) is 12.9. The molecule has 2 aromatic carbocycles. The van der Waals surface area contributed by atoms with E-state index in [-0.39, 0.29) is 5.91 Å². The molecule has 0 bridgehead atoms. The lowest BCUT2D eigenvalue weighted by atomic mass is 10.1. The maximum Gasteiger partial charge on any atom is 0.265 e. The highest BCUT2D eigenvalue weighted by molar-refractivity contribution is 7.98. The standard InChI is InChI=1S/C16H18N2OS/c1-11-7-8-15(12(2)9-11)20-10-13-5-3-4-6-14(13)16(19)18-17/h3-9H,10,17H2,1-2H3,(H,18,19). The molecule has 0 aliphatic rings. The summed E-state index contributed by atoms with van der Waals surface area (Å²) in [5.74, 6) is 5.71. The lowest BCUT2D eigenvalue weighted by Gasteiger charge is -2.10. The van der Waals surface area contributed by atoms with Crippen molar-refractivity contribution in [3.63, 3.8) is 0 Å². The van der Waals surface area contributed by atoms with E-state index in [0.29, 0.717) is 5.56 Å². The van der Waals surface area contributed by atoms with Crippen LogP contribution in [0.5, 0.6) is 0 Å². The molecule has 0 aromatic heterocycles. The monoisotopic (exact) mass is 286 g/mol. The molecule has 0 unspecified atom stereocenters. The van der Waals surface area contributed by atoms with Crippen LogP contribution in [0, 0.1) is 13.8 Å². The zero-order valence-electron chi connectivity index (χ0n) is 11.6. The van der Waals surface area contributed by atoms with Crippen molar-refractivity contribution in [3.05, 3.63) is 64.7 Å². The second-order valence-electron chi connectivity index (χ2n) is 4.69. The Morgan fingerprint density at radius 1 is 1.20 bits per heavy atom. The number of hydrazine groups is 1. The average molecular weight is 286 g/mol. The minimum atomic E-state index is -0.248. The smallest absolute Gasteiger partial charge is 0.265 e. The molecule has 0 radical (unpaired) electrons. The molecule has 0 aliphatic carbocycles. The summed E-state index contributed by atoms with van der Waals surface area (Å²) >= 11 is 1.73. The van der Waals surface area contributed by atoms with E-state index in [1.807, 2.05) is 18.2 Å². The highest BCUT2D eigenvalue weighted by Crippen LogP contribution is 2.27. The Kier molecular flexibility index (Phi) is 4.82. The van der Waals surface area contributed by atoms with Gasteiger partial charge in [0.05, 0.1) is 0 Å². The Labute approximate surface area is 123 Å². The summed E-state index contributed by atoms with van der Waals surface area (Å²) < 4.78 is 0. The first-order chi connectivity index (χ1) is 9.61. The van der Waals surface area contributed by atoms with Crippen molar-refractivity contribution >= 4 is 17.7 Å². The van der Waals surface area contributed by atoms with Gasteiger partial charge in [0.15, 0.2) is 0 Å². The maximum atomic E-state index is 11.7. The lowest BCUT2D eigenvalue weighted by molar-refractivity contribution is 0.0953. The number of carbonyl (C=O) groups is 1. The van der Waals surface area contributed by atoms with E-state index in [2.05, 4.69) is 37.5 Å². The zero-order valence-corrected chi connectivity index (χ0v) is 12.5. The number of hydrogen-bond donors (Lipinski definition) is 2. The minimum absolute atomic E-state index is 0.248. The summed E-state index contributed by atoms with van der Waals surface area (Å²) in [6, 6.07) is 13.9. The molecular formula is C16H18N2OS. The molecule has 0 aliphatic heterocycles. The van der Waals surface area contributed by atoms with Crippen LogP contribution in [0.1, 0.15) is 27.0 Å². The van der Waals surface area contributed by atoms with Crippen LogP contribution in [-0.2, 0) is 5.75 Å². The van der Waals surface area contributed by atoms with Gasteiger partial charge in [-0.15, -0.1) is 11.8 Å². The first kappa shape index (κ1) is 14.6. The van der Waals surface area contributed by atoms with Gasteiger partial charge in [0.25, 0.3) is 5.91 Å². The fourth-order valence-corrected chi connectivity index (χ4v) is 3.08. The van der Waals surface area contributed by atoms with Crippen LogP contribution in [0.25, 0.3) is 0 Å². The van der Waals surface area contributed by atoms with Gasteiger partial charge in [-0.3, -0.25) is 10.2 Å². The van der Waals surface area contributed by atoms with Gasteiger partial charge in [0.2, 0.25) is 0 Å². The highest BCUT2D eigenvalue weighted by atomic mass is 32.2. The number of thioether (sulfide) groups is 1. The second-order valence-corrected chi connectivity index (χ2v) is 5.71. The predicted octanol–water partition coefficient (Wildman–Crippen LogP) is 3.20. The first-order valence-electron chi connectivity index (χ1n) is 6.40. The van der Waals surface area contributed by atoms with Crippen LogP contribution in [0.2, 0.25) is 0 Å². The molecule has 4 heteroatoms. The molecule has 0 spiro atoms. The molecule has 104 valence electrons. The van der Waals surface area contributed by atoms with Gasteiger partial charge in [-0.2, -0.15) is 0 Å². The SMILES string of the molecule is Cc1ccc(SCc2ccccc2C(=O)NN)c(C)c1. The van der Waals surface area contributed by atoms with Gasteiger partial charge < -0.3 is 0 Å². The van der Waals surface area contributed by atoms with Crippen LogP contribution >= 0.6 is 11.8 Å². The lowest BCUT2D eigenvalue weighted by Crippen LogP contribution is -2.30. The van der Waals surface area contributed by atoms with Crippen LogP contribution in [0.4, 0.5) is 0 Å². The summed E-state index contributed by atoms with van der Waals surface area (Å²) in [7, 11) is 0. The molecule has 3 N–H and O–H groups in total. The van der Waals surface area contributed by atoms with Gasteiger partial charge in [0.1, 0.15) is 0 Å². The molecule has 0 heterocycles. The third-order valence-electron chi connectivity index (χ3n) is 3.11. The number of nitrogens with two attached hydrogens (primary N) is 1. The second kappa shape index (κ2) is 6.59. The van der Waals surface area contributed by atoms with E-state index in [0.717, 1.165) is 11.3 Å². The van der Waals surface area contributed by atoms with E-state index in [4.69, 9.17) is 5.84 Å². The van der Waals surface area contributed by atoms with Crippen molar-refractivity contribution in [2.24, 2.45) is 5.84 Å². The fourth-order valence-electron chi connectivity index (χ4n) is 2.06. The average Bonchev–Trinajstić information content (AvgIpc) is 2.46. The molecule has 0 atom stereocenters. The van der Waals surface area contributed by atoms with Gasteiger partial charge in [-0.05, 0) is 37.1 Å². The van der Waals surface area contributed by atoms with E-state index in [1.165, 1.54) is 16.0 Å². The number of amides is 1. The Balaban J connectivity index is 2.17. The van der Waals surface area contributed by atoms with Crippen molar-refractivity contribution in [3.8, 4) is 0 Å². The number of aryl methyl sites for hydroxylation is 2. The molecular weight excluding hydrogens is 268 g/mol. The van der Waals surface area contributed by atoms with E-state index < -0.39 is 0 Å². The Hall–Kier alpha value is -1.78. The van der Waals surface area contributed by atoms with Crippen molar-refractivity contribution in [2.45, 2.75) is 24.5 Å². The van der Waals surface area contributed by atoms with E-state index in [1.54, 1.807) is 17.8 Å². The highest BCUT2D eigenvalue weighted by Gasteiger charge is 2.10. The Bertz CT molecular complexity index is 626. The van der Waals surface area contributed by atoms with Crippen LogP contribution in [0.15, 0.2) is 47.4 Å². The van der Waals surface area contributed by atoms with E-state index in [9.17, 15) is 4.79 Å². The summed E-state index contributed by atoms with van der Waals surface area (Å²) in [5, 5.41) is 0. The number of hydrogen-bond acceptors (Lipinski definition) is 3. The summed E-state index contributed by atoms with van der Waals surface area (Å²) in [6.45, 7) is 4.19. The minimum Gasteiger partial charge on any atom is -0.290 e. The largest absolute Gasteiger partial charge is 0.290 e. The number of carbonyl (C=O) groups excluding carboxylic acids is 1. The van der Waals surface area contributed by atoms with Crippen molar-refractivity contribution in [2.75, 3.05) is 0 Å². The van der Waals surface area contributed by atoms with Gasteiger partial charge in [0, 0.05) is 16.2 Å². The number of nitrogens with one attached hydrogen (secondary N) is 1. The zero-order chi connectivity index (χ0) is 14.5. The van der Waals surface area contributed by atoms with Crippen LogP contribution in [-0.4, -0.2) is 5.91 Å². The molecule has 0 fully saturated rings. The molecule has 1 amide bonds. The quantitative estimate of drug-likeness (QED) is 0.393. The molecule has 0 saturated carbocycles. The Morgan fingerprint density at radius 2 is 1.95 bits per heavy atom. The topological polar surface area (TPSA) is 55.1 Å². The summed E-state index contributed by atoms with van der Waals surface area (Å²) in [5.41, 5.74) is 6.33. The van der Waals surface area contributed by atoms with Crippen LogP contribution in [0.3, 0.4) is 0 Å². The van der Waals surface area contributed by atoms with Gasteiger partial charge in [-0.25, -0.2) is 5.84 Å². The first-order valence-corrected chi connectivity index (χ1v) is 7.39. The van der Waals surface area contributed by atoms with Crippen LogP contribution < -0.4 is 11.3 Å². The predicted molar refractivity (Wildman–Crippen MR) is 83.6 cm³/mol.